The quantitative estimate of drug-likeness (QED) is 0.805. The first kappa shape index (κ1) is 14.3. The van der Waals surface area contributed by atoms with E-state index in [4.69, 9.17) is 16.3 Å². The minimum atomic E-state index is -3.41. The highest BCUT2D eigenvalue weighted by molar-refractivity contribution is 7.91. The summed E-state index contributed by atoms with van der Waals surface area (Å²) in [5.74, 6) is 0.342. The van der Waals surface area contributed by atoms with Crippen LogP contribution in [0.4, 0.5) is 0 Å². The van der Waals surface area contributed by atoms with Gasteiger partial charge in [0.25, 0.3) is 10.0 Å². The Kier molecular flexibility index (Phi) is 4.04. The predicted octanol–water partition coefficient (Wildman–Crippen LogP) is 2.29. The monoisotopic (exact) mass is 309 g/mol. The van der Waals surface area contributed by atoms with E-state index in [2.05, 4.69) is 0 Å². The molecule has 2 rings (SSSR count). The van der Waals surface area contributed by atoms with E-state index in [9.17, 15) is 8.42 Å². The molecule has 7 heteroatoms. The van der Waals surface area contributed by atoms with Crippen LogP contribution < -0.4 is 0 Å². The second-order valence-electron chi connectivity index (χ2n) is 4.80. The van der Waals surface area contributed by atoms with Crippen LogP contribution in [0.25, 0.3) is 0 Å². The average molecular weight is 310 g/mol. The molecule has 1 aliphatic heterocycles. The minimum absolute atomic E-state index is 0.342. The molecule has 0 bridgehead atoms. The number of halogens is 1. The van der Waals surface area contributed by atoms with Gasteiger partial charge in [0, 0.05) is 18.0 Å². The van der Waals surface area contributed by atoms with Crippen molar-refractivity contribution >= 4 is 33.0 Å². The maximum atomic E-state index is 12.4. The smallest absolute Gasteiger partial charge is 0.252 e. The lowest BCUT2D eigenvalue weighted by molar-refractivity contribution is -0.0639. The summed E-state index contributed by atoms with van der Waals surface area (Å²) in [6.07, 6.45) is 0. The molecule has 0 radical (unpaired) electrons. The first-order valence-electron chi connectivity index (χ1n) is 5.64. The van der Waals surface area contributed by atoms with Gasteiger partial charge in [-0.3, -0.25) is 0 Å². The van der Waals surface area contributed by atoms with Crippen LogP contribution in [0.15, 0.2) is 16.3 Å². The van der Waals surface area contributed by atoms with Gasteiger partial charge in [-0.1, -0.05) is 0 Å². The molecule has 0 aliphatic carbocycles. The van der Waals surface area contributed by atoms with E-state index in [-0.39, 0.29) is 0 Å². The first-order valence-corrected chi connectivity index (χ1v) is 8.43. The molecule has 0 atom stereocenters. The van der Waals surface area contributed by atoms with Crippen molar-refractivity contribution in [2.45, 2.75) is 29.5 Å². The molecule has 2 heterocycles. The van der Waals surface area contributed by atoms with Crippen LogP contribution in [0.5, 0.6) is 0 Å². The Bertz CT molecular complexity index is 524. The first-order chi connectivity index (χ1) is 8.35. The zero-order valence-electron chi connectivity index (χ0n) is 10.3. The van der Waals surface area contributed by atoms with Crippen LogP contribution in [-0.2, 0) is 20.6 Å². The molecular formula is C11H16ClNO3S2. The fourth-order valence-electron chi connectivity index (χ4n) is 1.87. The van der Waals surface area contributed by atoms with Crippen molar-refractivity contribution in [3.05, 3.63) is 17.0 Å². The minimum Gasteiger partial charge on any atom is -0.373 e. The molecule has 1 fully saturated rings. The van der Waals surface area contributed by atoms with Crippen LogP contribution in [0.3, 0.4) is 0 Å². The Morgan fingerprint density at radius 1 is 1.50 bits per heavy atom. The number of alkyl halides is 1. The molecule has 0 aromatic carbocycles. The summed E-state index contributed by atoms with van der Waals surface area (Å²) in [4.78, 5) is 0.864. The normalized spacial score (nSPS) is 21.1. The Morgan fingerprint density at radius 3 is 2.78 bits per heavy atom. The van der Waals surface area contributed by atoms with Gasteiger partial charge in [-0.2, -0.15) is 4.31 Å². The SMILES string of the molecule is CC1(C)CN(S(=O)(=O)c2ccc(CCl)s2)CCO1. The molecule has 0 N–H and O–H groups in total. The summed E-state index contributed by atoms with van der Waals surface area (Å²) in [5, 5.41) is 0. The largest absolute Gasteiger partial charge is 0.373 e. The molecule has 1 aromatic heterocycles. The van der Waals surface area contributed by atoms with Gasteiger partial charge < -0.3 is 4.74 Å². The molecule has 102 valence electrons. The molecule has 0 amide bonds. The maximum absolute atomic E-state index is 12.4. The summed E-state index contributed by atoms with van der Waals surface area (Å²) >= 11 is 6.93. The third-order valence-electron chi connectivity index (χ3n) is 2.75. The standard InChI is InChI=1S/C11H16ClNO3S2/c1-11(2)8-13(5-6-16-11)18(14,15)10-4-3-9(7-12)17-10/h3-4H,5-8H2,1-2H3. The molecule has 18 heavy (non-hydrogen) atoms. The Balaban J connectivity index is 2.25. The summed E-state index contributed by atoms with van der Waals surface area (Å²) in [7, 11) is -3.41. The van der Waals surface area contributed by atoms with Gasteiger partial charge in [0.15, 0.2) is 0 Å². The zero-order valence-corrected chi connectivity index (χ0v) is 12.7. The van der Waals surface area contributed by atoms with E-state index in [1.54, 1.807) is 12.1 Å². The van der Waals surface area contributed by atoms with Crippen LogP contribution >= 0.6 is 22.9 Å². The molecular weight excluding hydrogens is 294 g/mol. The number of morpholine rings is 1. The molecule has 4 nitrogen and oxygen atoms in total. The van der Waals surface area contributed by atoms with Crippen molar-refractivity contribution in [2.75, 3.05) is 19.7 Å². The Hall–Kier alpha value is -0.140. The van der Waals surface area contributed by atoms with Crippen molar-refractivity contribution in [2.24, 2.45) is 0 Å². The van der Waals surface area contributed by atoms with E-state index in [0.717, 1.165) is 4.88 Å². The van der Waals surface area contributed by atoms with E-state index in [1.165, 1.54) is 15.6 Å². The number of ether oxygens (including phenoxy) is 1. The second-order valence-corrected chi connectivity index (χ2v) is 8.40. The van der Waals surface area contributed by atoms with E-state index < -0.39 is 15.6 Å². The molecule has 1 aliphatic rings. The molecule has 1 saturated heterocycles. The number of nitrogens with zero attached hydrogens (tertiary/aromatic N) is 1. The third-order valence-corrected chi connectivity index (χ3v) is 6.60. The van der Waals surface area contributed by atoms with Crippen molar-refractivity contribution in [1.29, 1.82) is 0 Å². The van der Waals surface area contributed by atoms with Crippen molar-refractivity contribution in [3.8, 4) is 0 Å². The van der Waals surface area contributed by atoms with E-state index in [0.29, 0.717) is 29.8 Å². The highest BCUT2D eigenvalue weighted by atomic mass is 35.5. The number of hydrogen-bond acceptors (Lipinski definition) is 4. The van der Waals surface area contributed by atoms with Crippen LogP contribution in [0, 0.1) is 0 Å². The van der Waals surface area contributed by atoms with Crippen LogP contribution in [-0.4, -0.2) is 38.0 Å². The van der Waals surface area contributed by atoms with Gasteiger partial charge >= 0.3 is 0 Å². The fraction of sp³-hybridized carbons (Fsp3) is 0.636. The lowest BCUT2D eigenvalue weighted by Crippen LogP contribution is -2.50. The maximum Gasteiger partial charge on any atom is 0.252 e. The van der Waals surface area contributed by atoms with Crippen molar-refractivity contribution in [1.82, 2.24) is 4.31 Å². The molecule has 0 unspecified atom stereocenters. The van der Waals surface area contributed by atoms with Gasteiger partial charge in [-0.25, -0.2) is 8.42 Å². The average Bonchev–Trinajstić information content (AvgIpc) is 2.76. The molecule has 0 saturated carbocycles. The summed E-state index contributed by atoms with van der Waals surface area (Å²) in [6.45, 7) is 5.00. The Morgan fingerprint density at radius 2 is 2.22 bits per heavy atom. The van der Waals surface area contributed by atoms with Crippen molar-refractivity contribution in [3.63, 3.8) is 0 Å². The molecule has 1 aromatic rings. The summed E-state index contributed by atoms with van der Waals surface area (Å²) in [6, 6.07) is 3.39. The summed E-state index contributed by atoms with van der Waals surface area (Å²) < 4.78 is 32.3. The fourth-order valence-corrected chi connectivity index (χ4v) is 5.06. The lowest BCUT2D eigenvalue weighted by Gasteiger charge is -2.37. The predicted molar refractivity (Wildman–Crippen MR) is 72.7 cm³/mol. The Labute approximate surface area is 117 Å². The lowest BCUT2D eigenvalue weighted by atomic mass is 10.1. The van der Waals surface area contributed by atoms with Gasteiger partial charge in [0.2, 0.25) is 0 Å². The van der Waals surface area contributed by atoms with Gasteiger partial charge in [0.1, 0.15) is 4.21 Å². The topological polar surface area (TPSA) is 46.6 Å². The second kappa shape index (κ2) is 5.09. The molecule has 0 spiro atoms. The van der Waals surface area contributed by atoms with Gasteiger partial charge in [0.05, 0.1) is 18.1 Å². The van der Waals surface area contributed by atoms with E-state index >= 15 is 0 Å². The number of rotatable bonds is 3. The van der Waals surface area contributed by atoms with Gasteiger partial charge in [-0.05, 0) is 26.0 Å². The number of thiophene rings is 1. The van der Waals surface area contributed by atoms with E-state index in [1.807, 2.05) is 13.8 Å². The van der Waals surface area contributed by atoms with Crippen LogP contribution in [0.2, 0.25) is 0 Å². The number of hydrogen-bond donors (Lipinski definition) is 0. The van der Waals surface area contributed by atoms with Gasteiger partial charge in [-0.15, -0.1) is 22.9 Å². The third kappa shape index (κ3) is 2.88. The zero-order chi connectivity index (χ0) is 13.4. The van der Waals surface area contributed by atoms with Crippen molar-refractivity contribution < 1.29 is 13.2 Å². The van der Waals surface area contributed by atoms with Crippen LogP contribution in [0.1, 0.15) is 18.7 Å². The number of sulfonamides is 1. The highest BCUT2D eigenvalue weighted by Gasteiger charge is 2.35. The highest BCUT2D eigenvalue weighted by Crippen LogP contribution is 2.28. The summed E-state index contributed by atoms with van der Waals surface area (Å²) in [5.41, 5.74) is -0.433.